The molecule has 0 aromatic rings. The number of carbonyl (C=O) groups is 1. The summed E-state index contributed by atoms with van der Waals surface area (Å²) in [5, 5.41) is 0. The normalized spacial score (nSPS) is 12.0. The van der Waals surface area contributed by atoms with Gasteiger partial charge in [0, 0.05) is 17.8 Å². The quantitative estimate of drug-likeness (QED) is 0.401. The minimum Gasteiger partial charge on any atom is -0.460 e. The van der Waals surface area contributed by atoms with Gasteiger partial charge in [-0.1, -0.05) is 6.58 Å². The second-order valence-corrected chi connectivity index (χ2v) is 7.85. The van der Waals surface area contributed by atoms with Crippen molar-refractivity contribution in [3.63, 3.8) is 0 Å². The third kappa shape index (κ3) is 7.30. The number of ether oxygens (including phenoxy) is 1. The maximum absolute atomic E-state index is 11.4. The standard InChI is InChI=1S/C12H24O4Si/c1-9(2)12(13)14-8-17(7,15-10(3)4)16-11(5)6/h10-11H,1,8H2,2-7H3. The van der Waals surface area contributed by atoms with Crippen LogP contribution in [0.2, 0.25) is 6.55 Å². The Bertz CT molecular complexity index is 264. The summed E-state index contributed by atoms with van der Waals surface area (Å²) in [6.07, 6.45) is 0.289. The summed E-state index contributed by atoms with van der Waals surface area (Å²) < 4.78 is 16.7. The van der Waals surface area contributed by atoms with E-state index in [1.807, 2.05) is 34.2 Å². The Balaban J connectivity index is 4.48. The molecule has 0 aromatic carbocycles. The molecular weight excluding hydrogens is 236 g/mol. The minimum atomic E-state index is -2.47. The average molecular weight is 260 g/mol. The molecule has 0 spiro atoms. The molecule has 0 aliphatic rings. The lowest BCUT2D eigenvalue weighted by atomic mass is 10.4. The minimum absolute atomic E-state index is 0.0500. The Kier molecular flexibility index (Phi) is 6.67. The Morgan fingerprint density at radius 2 is 1.59 bits per heavy atom. The van der Waals surface area contributed by atoms with Gasteiger partial charge in [0.15, 0.2) is 0 Å². The van der Waals surface area contributed by atoms with Crippen molar-refractivity contribution < 1.29 is 18.4 Å². The van der Waals surface area contributed by atoms with E-state index in [1.54, 1.807) is 6.92 Å². The van der Waals surface area contributed by atoms with E-state index < -0.39 is 14.5 Å². The second-order valence-electron chi connectivity index (χ2n) is 4.82. The highest BCUT2D eigenvalue weighted by Crippen LogP contribution is 2.14. The fourth-order valence-corrected chi connectivity index (χ4v) is 3.99. The summed E-state index contributed by atoms with van der Waals surface area (Å²) in [6.45, 7) is 14.8. The highest BCUT2D eigenvalue weighted by atomic mass is 28.4. The first-order valence-electron chi connectivity index (χ1n) is 5.84. The van der Waals surface area contributed by atoms with E-state index in [1.165, 1.54) is 0 Å². The van der Waals surface area contributed by atoms with Crippen molar-refractivity contribution in [3.8, 4) is 0 Å². The summed E-state index contributed by atoms with van der Waals surface area (Å²) >= 11 is 0. The number of rotatable bonds is 7. The van der Waals surface area contributed by atoms with Crippen LogP contribution in [0.1, 0.15) is 34.6 Å². The molecule has 4 nitrogen and oxygen atoms in total. The predicted octanol–water partition coefficient (Wildman–Crippen LogP) is 2.57. The van der Waals surface area contributed by atoms with E-state index in [-0.39, 0.29) is 18.4 Å². The van der Waals surface area contributed by atoms with Crippen LogP contribution in [0.3, 0.4) is 0 Å². The largest absolute Gasteiger partial charge is 0.460 e. The van der Waals surface area contributed by atoms with Gasteiger partial charge in [-0.3, -0.25) is 0 Å². The molecule has 0 saturated carbocycles. The van der Waals surface area contributed by atoms with Gasteiger partial charge >= 0.3 is 14.5 Å². The Morgan fingerprint density at radius 3 is 1.88 bits per heavy atom. The Morgan fingerprint density at radius 1 is 1.18 bits per heavy atom. The molecule has 0 amide bonds. The maximum atomic E-state index is 11.4. The van der Waals surface area contributed by atoms with Crippen LogP contribution in [0.5, 0.6) is 0 Å². The van der Waals surface area contributed by atoms with Crippen molar-refractivity contribution in [2.45, 2.75) is 53.4 Å². The molecule has 0 atom stereocenters. The zero-order valence-corrected chi connectivity index (χ0v) is 12.7. The fourth-order valence-electron chi connectivity index (χ4n) is 1.41. The summed E-state index contributed by atoms with van der Waals surface area (Å²) in [6, 6.07) is 0. The molecule has 0 aliphatic carbocycles. The molecule has 0 aromatic heterocycles. The van der Waals surface area contributed by atoms with Crippen LogP contribution in [0.25, 0.3) is 0 Å². The molecule has 0 rings (SSSR count). The van der Waals surface area contributed by atoms with Crippen molar-refractivity contribution in [1.82, 2.24) is 0 Å². The van der Waals surface area contributed by atoms with Gasteiger partial charge in [0.25, 0.3) is 0 Å². The smallest absolute Gasteiger partial charge is 0.374 e. The van der Waals surface area contributed by atoms with E-state index in [4.69, 9.17) is 13.6 Å². The first kappa shape index (κ1) is 16.3. The van der Waals surface area contributed by atoms with Crippen LogP contribution in [0, 0.1) is 0 Å². The highest BCUT2D eigenvalue weighted by Gasteiger charge is 2.36. The first-order valence-corrected chi connectivity index (χ1v) is 8.37. The second kappa shape index (κ2) is 6.93. The molecule has 0 bridgehead atoms. The molecule has 5 heteroatoms. The first-order chi connectivity index (χ1) is 7.66. The average Bonchev–Trinajstić information content (AvgIpc) is 2.11. The number of esters is 1. The van der Waals surface area contributed by atoms with E-state index in [0.29, 0.717) is 5.57 Å². The van der Waals surface area contributed by atoms with Gasteiger partial charge in [0.05, 0.1) is 0 Å². The monoisotopic (exact) mass is 260 g/mol. The molecular formula is C12H24O4Si. The van der Waals surface area contributed by atoms with Gasteiger partial charge in [-0.15, -0.1) is 0 Å². The lowest BCUT2D eigenvalue weighted by molar-refractivity contribution is -0.138. The fraction of sp³-hybridized carbons (Fsp3) is 0.750. The highest BCUT2D eigenvalue weighted by molar-refractivity contribution is 6.66. The van der Waals surface area contributed by atoms with Crippen LogP contribution in [-0.4, -0.2) is 33.0 Å². The van der Waals surface area contributed by atoms with Crippen LogP contribution < -0.4 is 0 Å². The van der Waals surface area contributed by atoms with E-state index in [0.717, 1.165) is 0 Å². The van der Waals surface area contributed by atoms with Crippen molar-refractivity contribution in [3.05, 3.63) is 12.2 Å². The summed E-state index contributed by atoms with van der Waals surface area (Å²) in [5.74, 6) is -0.400. The van der Waals surface area contributed by atoms with Crippen LogP contribution in [0.4, 0.5) is 0 Å². The topological polar surface area (TPSA) is 44.8 Å². The van der Waals surface area contributed by atoms with Crippen molar-refractivity contribution in [1.29, 1.82) is 0 Å². The number of hydrogen-bond donors (Lipinski definition) is 0. The van der Waals surface area contributed by atoms with Crippen molar-refractivity contribution >= 4 is 14.5 Å². The molecule has 17 heavy (non-hydrogen) atoms. The van der Waals surface area contributed by atoms with Gasteiger partial charge in [0.1, 0.15) is 6.23 Å². The number of carbonyl (C=O) groups excluding carboxylic acids is 1. The van der Waals surface area contributed by atoms with Crippen LogP contribution in [-0.2, 0) is 18.4 Å². The molecule has 100 valence electrons. The lowest BCUT2D eigenvalue weighted by Gasteiger charge is -2.30. The predicted molar refractivity (Wildman–Crippen MR) is 69.8 cm³/mol. The van der Waals surface area contributed by atoms with Gasteiger partial charge in [-0.25, -0.2) is 4.79 Å². The maximum Gasteiger partial charge on any atom is 0.374 e. The lowest BCUT2D eigenvalue weighted by Crippen LogP contribution is -2.48. The molecule has 0 unspecified atom stereocenters. The zero-order valence-electron chi connectivity index (χ0n) is 11.7. The van der Waals surface area contributed by atoms with Gasteiger partial charge in [-0.2, -0.15) is 0 Å². The van der Waals surface area contributed by atoms with Gasteiger partial charge in [0.2, 0.25) is 0 Å². The van der Waals surface area contributed by atoms with Gasteiger partial charge in [-0.05, 0) is 41.2 Å². The van der Waals surface area contributed by atoms with E-state index in [2.05, 4.69) is 6.58 Å². The molecule has 0 aliphatic heterocycles. The summed E-state index contributed by atoms with van der Waals surface area (Å²) in [5.41, 5.74) is 0.385. The third-order valence-corrected chi connectivity index (χ3v) is 4.39. The van der Waals surface area contributed by atoms with E-state index in [9.17, 15) is 4.79 Å². The zero-order chi connectivity index (χ0) is 13.6. The molecule has 0 N–H and O–H groups in total. The summed E-state index contributed by atoms with van der Waals surface area (Å²) in [4.78, 5) is 11.4. The van der Waals surface area contributed by atoms with Gasteiger partial charge < -0.3 is 13.6 Å². The van der Waals surface area contributed by atoms with E-state index >= 15 is 0 Å². The molecule has 0 heterocycles. The Hall–Kier alpha value is -0.653. The molecule has 0 saturated heterocycles. The third-order valence-electron chi connectivity index (χ3n) is 1.78. The van der Waals surface area contributed by atoms with Crippen LogP contribution >= 0.6 is 0 Å². The molecule has 0 radical (unpaired) electrons. The number of hydrogen-bond acceptors (Lipinski definition) is 4. The van der Waals surface area contributed by atoms with Crippen molar-refractivity contribution in [2.75, 3.05) is 6.23 Å². The van der Waals surface area contributed by atoms with Crippen LogP contribution in [0.15, 0.2) is 12.2 Å². The SMILES string of the molecule is C=C(C)C(=O)OC[Si](C)(OC(C)C)OC(C)C. The van der Waals surface area contributed by atoms with Crippen molar-refractivity contribution in [2.24, 2.45) is 0 Å². The molecule has 0 fully saturated rings. The summed E-state index contributed by atoms with van der Waals surface area (Å²) in [7, 11) is -2.47. The Labute approximate surface area is 105 Å².